The van der Waals surface area contributed by atoms with Crippen LogP contribution in [0.1, 0.15) is 19.8 Å². The van der Waals surface area contributed by atoms with Crippen LogP contribution < -0.4 is 0 Å². The van der Waals surface area contributed by atoms with Crippen molar-refractivity contribution in [3.8, 4) is 0 Å². The molecule has 10 heavy (non-hydrogen) atoms. The van der Waals surface area contributed by atoms with E-state index >= 15 is 0 Å². The van der Waals surface area contributed by atoms with E-state index in [2.05, 4.69) is 27.8 Å². The van der Waals surface area contributed by atoms with Gasteiger partial charge in [-0.05, 0) is 31.8 Å². The highest BCUT2D eigenvalue weighted by Gasteiger charge is 2.13. The molecule has 1 nitrogen and oxygen atoms in total. The van der Waals surface area contributed by atoms with E-state index in [1.54, 1.807) is 0 Å². The molecular weight excluding hydrogens is 190 g/mol. The number of hydrogen-bond donors (Lipinski definition) is 0. The van der Waals surface area contributed by atoms with Crippen molar-refractivity contribution in [2.24, 2.45) is 5.92 Å². The van der Waals surface area contributed by atoms with Gasteiger partial charge in [-0.15, -0.1) is 0 Å². The summed E-state index contributed by atoms with van der Waals surface area (Å²) in [5.74, 6) is 0.818. The van der Waals surface area contributed by atoms with Crippen LogP contribution in [0.2, 0.25) is 0 Å². The fourth-order valence-electron chi connectivity index (χ4n) is 1.45. The summed E-state index contributed by atoms with van der Waals surface area (Å²) in [6.45, 7) is 6.24. The first-order valence-corrected chi connectivity index (χ1v) is 5.23. The molecule has 0 amide bonds. The smallest absolute Gasteiger partial charge is 0.00692 e. The Labute approximate surface area is 71.9 Å². The van der Waals surface area contributed by atoms with Gasteiger partial charge in [-0.3, -0.25) is 0 Å². The second-order valence-corrected chi connectivity index (χ2v) is 3.91. The molecule has 0 bridgehead atoms. The standard InChI is InChI=1S/C8H16BrN/c1-8(6-9)7-10-4-2-3-5-10/h8H,2-7H2,1H3. The molecule has 1 unspecified atom stereocenters. The van der Waals surface area contributed by atoms with E-state index in [4.69, 9.17) is 0 Å². The zero-order chi connectivity index (χ0) is 7.40. The Morgan fingerprint density at radius 2 is 2.00 bits per heavy atom. The van der Waals surface area contributed by atoms with Gasteiger partial charge in [0.1, 0.15) is 0 Å². The second-order valence-electron chi connectivity index (χ2n) is 3.27. The van der Waals surface area contributed by atoms with Crippen LogP contribution in [0.3, 0.4) is 0 Å². The Morgan fingerprint density at radius 1 is 1.40 bits per heavy atom. The molecule has 0 N–H and O–H groups in total. The highest BCUT2D eigenvalue weighted by atomic mass is 79.9. The molecule has 0 aromatic heterocycles. The summed E-state index contributed by atoms with van der Waals surface area (Å²) in [7, 11) is 0. The Bertz CT molecular complexity index is 89.3. The maximum atomic E-state index is 3.50. The summed E-state index contributed by atoms with van der Waals surface area (Å²) in [6.07, 6.45) is 2.82. The van der Waals surface area contributed by atoms with Crippen LogP contribution in [0.4, 0.5) is 0 Å². The number of alkyl halides is 1. The van der Waals surface area contributed by atoms with Crippen LogP contribution >= 0.6 is 15.9 Å². The molecule has 1 heterocycles. The molecule has 0 radical (unpaired) electrons. The molecule has 1 aliphatic heterocycles. The SMILES string of the molecule is CC(CBr)CN1CCCC1. The molecule has 0 saturated carbocycles. The monoisotopic (exact) mass is 205 g/mol. The maximum Gasteiger partial charge on any atom is 0.00692 e. The first kappa shape index (κ1) is 8.54. The minimum absolute atomic E-state index is 0.818. The second kappa shape index (κ2) is 4.35. The lowest BCUT2D eigenvalue weighted by Gasteiger charge is -2.17. The van der Waals surface area contributed by atoms with Gasteiger partial charge < -0.3 is 4.90 Å². The molecule has 2 heteroatoms. The van der Waals surface area contributed by atoms with Crippen LogP contribution in [-0.2, 0) is 0 Å². The van der Waals surface area contributed by atoms with E-state index in [-0.39, 0.29) is 0 Å². The van der Waals surface area contributed by atoms with Crippen LogP contribution in [0.5, 0.6) is 0 Å². The lowest BCUT2D eigenvalue weighted by Crippen LogP contribution is -2.25. The van der Waals surface area contributed by atoms with E-state index in [9.17, 15) is 0 Å². The Hall–Kier alpha value is 0.440. The lowest BCUT2D eigenvalue weighted by atomic mass is 10.2. The molecule has 1 fully saturated rings. The molecule has 0 aliphatic carbocycles. The average molecular weight is 206 g/mol. The van der Waals surface area contributed by atoms with Crippen LogP contribution in [0.25, 0.3) is 0 Å². The fraction of sp³-hybridized carbons (Fsp3) is 1.00. The molecule has 0 aromatic carbocycles. The topological polar surface area (TPSA) is 3.24 Å². The van der Waals surface area contributed by atoms with Crippen LogP contribution in [-0.4, -0.2) is 29.9 Å². The minimum Gasteiger partial charge on any atom is -0.303 e. The quantitative estimate of drug-likeness (QED) is 0.639. The van der Waals surface area contributed by atoms with E-state index in [0.29, 0.717) is 0 Å². The highest BCUT2D eigenvalue weighted by Crippen LogP contribution is 2.10. The summed E-state index contributed by atoms with van der Waals surface area (Å²) in [6, 6.07) is 0. The van der Waals surface area contributed by atoms with Gasteiger partial charge in [0.05, 0.1) is 0 Å². The predicted molar refractivity (Wildman–Crippen MR) is 48.6 cm³/mol. The van der Waals surface area contributed by atoms with Crippen molar-refractivity contribution in [2.75, 3.05) is 25.0 Å². The van der Waals surface area contributed by atoms with Gasteiger partial charge in [-0.25, -0.2) is 0 Å². The first-order chi connectivity index (χ1) is 4.83. The zero-order valence-corrected chi connectivity index (χ0v) is 8.23. The molecule has 1 saturated heterocycles. The van der Waals surface area contributed by atoms with Gasteiger partial charge >= 0.3 is 0 Å². The van der Waals surface area contributed by atoms with E-state index in [1.807, 2.05) is 0 Å². The van der Waals surface area contributed by atoms with Gasteiger partial charge in [0.2, 0.25) is 0 Å². The van der Waals surface area contributed by atoms with Gasteiger partial charge in [-0.1, -0.05) is 22.9 Å². The molecular formula is C8H16BrN. The Kier molecular flexibility index (Phi) is 3.71. The third-order valence-electron chi connectivity index (χ3n) is 2.03. The van der Waals surface area contributed by atoms with Crippen molar-refractivity contribution in [3.05, 3.63) is 0 Å². The third kappa shape index (κ3) is 2.59. The van der Waals surface area contributed by atoms with Gasteiger partial charge in [-0.2, -0.15) is 0 Å². The van der Waals surface area contributed by atoms with E-state index in [1.165, 1.54) is 32.5 Å². The van der Waals surface area contributed by atoms with Crippen LogP contribution in [0, 0.1) is 5.92 Å². The minimum atomic E-state index is 0.818. The largest absolute Gasteiger partial charge is 0.303 e. The molecule has 1 atom stereocenters. The average Bonchev–Trinajstić information content (AvgIpc) is 2.40. The summed E-state index contributed by atoms with van der Waals surface area (Å²) >= 11 is 3.50. The highest BCUT2D eigenvalue weighted by molar-refractivity contribution is 9.09. The maximum absolute atomic E-state index is 3.50. The van der Waals surface area contributed by atoms with Crippen molar-refractivity contribution < 1.29 is 0 Å². The lowest BCUT2D eigenvalue weighted by molar-refractivity contribution is 0.301. The Balaban J connectivity index is 2.11. The molecule has 60 valence electrons. The van der Waals surface area contributed by atoms with Crippen LogP contribution in [0.15, 0.2) is 0 Å². The van der Waals surface area contributed by atoms with Crippen molar-refractivity contribution >= 4 is 15.9 Å². The number of halogens is 1. The van der Waals surface area contributed by atoms with Crippen molar-refractivity contribution in [3.63, 3.8) is 0 Å². The summed E-state index contributed by atoms with van der Waals surface area (Å²) in [5, 5.41) is 1.14. The van der Waals surface area contributed by atoms with E-state index < -0.39 is 0 Å². The van der Waals surface area contributed by atoms with Gasteiger partial charge in [0, 0.05) is 11.9 Å². The van der Waals surface area contributed by atoms with Gasteiger partial charge in [0.25, 0.3) is 0 Å². The van der Waals surface area contributed by atoms with E-state index in [0.717, 1.165) is 11.2 Å². The summed E-state index contributed by atoms with van der Waals surface area (Å²) in [4.78, 5) is 2.56. The number of rotatable bonds is 3. The predicted octanol–water partition coefficient (Wildman–Crippen LogP) is 2.11. The number of nitrogens with zero attached hydrogens (tertiary/aromatic N) is 1. The van der Waals surface area contributed by atoms with Gasteiger partial charge in [0.15, 0.2) is 0 Å². The molecule has 0 aromatic rings. The summed E-state index contributed by atoms with van der Waals surface area (Å²) < 4.78 is 0. The fourth-order valence-corrected chi connectivity index (χ4v) is 1.66. The van der Waals surface area contributed by atoms with Crippen molar-refractivity contribution in [2.45, 2.75) is 19.8 Å². The van der Waals surface area contributed by atoms with Crippen molar-refractivity contribution in [1.29, 1.82) is 0 Å². The van der Waals surface area contributed by atoms with Crippen molar-refractivity contribution in [1.82, 2.24) is 4.90 Å². The Morgan fingerprint density at radius 3 is 2.50 bits per heavy atom. The molecule has 0 spiro atoms. The molecule has 1 aliphatic rings. The number of hydrogen-bond acceptors (Lipinski definition) is 1. The molecule has 1 rings (SSSR count). The number of likely N-dealkylation sites (tertiary alicyclic amines) is 1. The normalized spacial score (nSPS) is 23.4. The first-order valence-electron chi connectivity index (χ1n) is 4.11. The summed E-state index contributed by atoms with van der Waals surface area (Å²) in [5.41, 5.74) is 0. The third-order valence-corrected chi connectivity index (χ3v) is 3.14. The zero-order valence-electron chi connectivity index (χ0n) is 6.65.